The van der Waals surface area contributed by atoms with Gasteiger partial charge in [-0.25, -0.2) is 9.67 Å². The fraction of sp³-hybridized carbons (Fsp3) is 0.357. The van der Waals surface area contributed by atoms with Crippen molar-refractivity contribution in [2.24, 2.45) is 11.7 Å². The van der Waals surface area contributed by atoms with Crippen LogP contribution >= 0.6 is 11.6 Å². The van der Waals surface area contributed by atoms with Gasteiger partial charge in [0.15, 0.2) is 5.82 Å². The van der Waals surface area contributed by atoms with E-state index in [9.17, 15) is 0 Å². The average Bonchev–Trinajstić information content (AvgIpc) is 2.82. The lowest BCUT2D eigenvalue weighted by atomic mass is 10.2. The molecule has 21 heavy (non-hydrogen) atoms. The molecule has 1 aromatic carbocycles. The van der Waals surface area contributed by atoms with E-state index in [0.29, 0.717) is 28.9 Å². The summed E-state index contributed by atoms with van der Waals surface area (Å²) in [7, 11) is 0. The Balaban J connectivity index is 2.05. The van der Waals surface area contributed by atoms with Crippen molar-refractivity contribution in [2.45, 2.75) is 27.0 Å². The number of hydrogen-bond acceptors (Lipinski definition) is 4. The molecule has 1 heterocycles. The van der Waals surface area contributed by atoms with Crippen LogP contribution in [-0.4, -0.2) is 20.6 Å². The number of nitrogens with zero attached hydrogens (tertiary/aromatic N) is 3. The third-order valence-electron chi connectivity index (χ3n) is 2.83. The highest BCUT2D eigenvalue weighted by molar-refractivity contribution is 6.34. The second-order valence-corrected chi connectivity index (χ2v) is 5.50. The Bertz CT molecular complexity index is 638. The van der Waals surface area contributed by atoms with Gasteiger partial charge in [-0.1, -0.05) is 25.4 Å². The van der Waals surface area contributed by atoms with Gasteiger partial charge in [-0.3, -0.25) is 5.41 Å². The number of rotatable bonds is 6. The lowest BCUT2D eigenvalue weighted by Crippen LogP contribution is -2.13. The zero-order valence-corrected chi connectivity index (χ0v) is 12.8. The second kappa shape index (κ2) is 6.58. The van der Waals surface area contributed by atoms with E-state index in [1.807, 2.05) is 4.68 Å². The first-order valence-electron chi connectivity index (χ1n) is 6.60. The summed E-state index contributed by atoms with van der Waals surface area (Å²) < 4.78 is 7.50. The van der Waals surface area contributed by atoms with E-state index in [1.54, 1.807) is 18.2 Å². The first kappa shape index (κ1) is 15.3. The van der Waals surface area contributed by atoms with Crippen molar-refractivity contribution in [3.63, 3.8) is 0 Å². The van der Waals surface area contributed by atoms with E-state index < -0.39 is 0 Å². The van der Waals surface area contributed by atoms with Crippen LogP contribution in [-0.2, 0) is 13.2 Å². The predicted molar refractivity (Wildman–Crippen MR) is 81.7 cm³/mol. The number of hydrogen-bond donors (Lipinski definition) is 2. The maximum atomic E-state index is 7.39. The van der Waals surface area contributed by atoms with E-state index >= 15 is 0 Å². The van der Waals surface area contributed by atoms with Crippen LogP contribution in [0.2, 0.25) is 5.02 Å². The van der Waals surface area contributed by atoms with Crippen molar-refractivity contribution in [3.05, 3.63) is 40.9 Å². The summed E-state index contributed by atoms with van der Waals surface area (Å²) in [5, 5.41) is 12.0. The Hall–Kier alpha value is -2.08. The Labute approximate surface area is 128 Å². The second-order valence-electron chi connectivity index (χ2n) is 5.10. The zero-order valence-electron chi connectivity index (χ0n) is 12.0. The molecule has 0 aliphatic heterocycles. The topological polar surface area (TPSA) is 89.8 Å². The summed E-state index contributed by atoms with van der Waals surface area (Å²) in [6.45, 7) is 5.34. The van der Waals surface area contributed by atoms with Crippen LogP contribution in [0.4, 0.5) is 0 Å². The highest BCUT2D eigenvalue weighted by atomic mass is 35.5. The molecular weight excluding hydrogens is 290 g/mol. The van der Waals surface area contributed by atoms with Gasteiger partial charge in [0.25, 0.3) is 0 Å². The van der Waals surface area contributed by atoms with Gasteiger partial charge in [-0.05, 0) is 24.1 Å². The van der Waals surface area contributed by atoms with E-state index in [2.05, 4.69) is 23.9 Å². The molecule has 0 aliphatic carbocycles. The molecule has 7 heteroatoms. The minimum atomic E-state index is -0.0665. The van der Waals surface area contributed by atoms with Gasteiger partial charge >= 0.3 is 0 Å². The SMILES string of the molecule is CC(C)Cn1ncnc1COc1ccc(C(=N)N)c(Cl)c1. The molecule has 0 fully saturated rings. The Kier molecular flexibility index (Phi) is 4.80. The summed E-state index contributed by atoms with van der Waals surface area (Å²) >= 11 is 6.05. The van der Waals surface area contributed by atoms with Gasteiger partial charge in [0, 0.05) is 12.1 Å². The van der Waals surface area contributed by atoms with Gasteiger partial charge in [-0.2, -0.15) is 5.10 Å². The monoisotopic (exact) mass is 307 g/mol. The smallest absolute Gasteiger partial charge is 0.164 e. The molecular formula is C14H18ClN5O. The summed E-state index contributed by atoms with van der Waals surface area (Å²) in [6.07, 6.45) is 1.52. The van der Waals surface area contributed by atoms with Gasteiger partial charge in [0.1, 0.15) is 24.5 Å². The van der Waals surface area contributed by atoms with Gasteiger partial charge < -0.3 is 10.5 Å². The van der Waals surface area contributed by atoms with E-state index in [-0.39, 0.29) is 5.84 Å². The van der Waals surface area contributed by atoms with Crippen molar-refractivity contribution in [1.82, 2.24) is 14.8 Å². The molecule has 1 aromatic heterocycles. The van der Waals surface area contributed by atoms with Gasteiger partial charge in [0.05, 0.1) is 5.02 Å². The number of nitrogens with two attached hydrogens (primary N) is 1. The molecule has 0 bridgehead atoms. The zero-order chi connectivity index (χ0) is 15.4. The van der Waals surface area contributed by atoms with Crippen LogP contribution in [0.15, 0.2) is 24.5 Å². The average molecular weight is 308 g/mol. The fourth-order valence-corrected chi connectivity index (χ4v) is 2.12. The number of benzene rings is 1. The van der Waals surface area contributed by atoms with E-state index in [0.717, 1.165) is 12.4 Å². The Morgan fingerprint density at radius 2 is 2.24 bits per heavy atom. The number of nitrogen functional groups attached to an aromatic ring is 1. The maximum absolute atomic E-state index is 7.39. The molecule has 2 rings (SSSR count). The number of halogens is 1. The highest BCUT2D eigenvalue weighted by Gasteiger charge is 2.09. The predicted octanol–water partition coefficient (Wildman–Crippen LogP) is 2.45. The van der Waals surface area contributed by atoms with Crippen molar-refractivity contribution < 1.29 is 4.74 Å². The van der Waals surface area contributed by atoms with Gasteiger partial charge in [0.2, 0.25) is 0 Å². The number of aromatic nitrogens is 3. The van der Waals surface area contributed by atoms with Crippen LogP contribution < -0.4 is 10.5 Å². The number of nitrogens with one attached hydrogen (secondary N) is 1. The molecule has 0 aliphatic rings. The molecule has 0 unspecified atom stereocenters. The molecule has 0 saturated carbocycles. The van der Waals surface area contributed by atoms with Crippen LogP contribution in [0.1, 0.15) is 25.2 Å². The minimum Gasteiger partial charge on any atom is -0.486 e. The van der Waals surface area contributed by atoms with Crippen LogP contribution in [0.3, 0.4) is 0 Å². The number of ether oxygens (including phenoxy) is 1. The van der Waals surface area contributed by atoms with Crippen molar-refractivity contribution in [2.75, 3.05) is 0 Å². The summed E-state index contributed by atoms with van der Waals surface area (Å²) in [6, 6.07) is 5.03. The molecule has 0 atom stereocenters. The normalized spacial score (nSPS) is 10.9. The third-order valence-corrected chi connectivity index (χ3v) is 3.15. The largest absolute Gasteiger partial charge is 0.486 e. The Morgan fingerprint density at radius 1 is 1.48 bits per heavy atom. The first-order valence-corrected chi connectivity index (χ1v) is 6.98. The maximum Gasteiger partial charge on any atom is 0.164 e. The van der Waals surface area contributed by atoms with Gasteiger partial charge in [-0.15, -0.1) is 0 Å². The molecule has 6 nitrogen and oxygen atoms in total. The molecule has 0 amide bonds. The third kappa shape index (κ3) is 3.95. The van der Waals surface area contributed by atoms with Crippen molar-refractivity contribution in [3.8, 4) is 5.75 Å². The lowest BCUT2D eigenvalue weighted by Gasteiger charge is -2.10. The lowest BCUT2D eigenvalue weighted by molar-refractivity contribution is 0.282. The quantitative estimate of drug-likeness (QED) is 0.633. The standard InChI is InChI=1S/C14H18ClN5O/c1-9(2)6-20-13(18-8-19-20)7-21-10-3-4-11(14(16)17)12(15)5-10/h3-5,8-9H,6-7H2,1-2H3,(H3,16,17). The molecule has 112 valence electrons. The fourth-order valence-electron chi connectivity index (χ4n) is 1.85. The molecule has 3 N–H and O–H groups in total. The molecule has 0 radical (unpaired) electrons. The summed E-state index contributed by atoms with van der Waals surface area (Å²) in [4.78, 5) is 4.19. The molecule has 0 saturated heterocycles. The van der Waals surface area contributed by atoms with E-state index in [1.165, 1.54) is 6.33 Å². The van der Waals surface area contributed by atoms with E-state index in [4.69, 9.17) is 27.5 Å². The van der Waals surface area contributed by atoms with Crippen LogP contribution in [0.5, 0.6) is 5.75 Å². The first-order chi connectivity index (χ1) is 9.97. The Morgan fingerprint density at radius 3 is 2.86 bits per heavy atom. The van der Waals surface area contributed by atoms with Crippen molar-refractivity contribution in [1.29, 1.82) is 5.41 Å². The highest BCUT2D eigenvalue weighted by Crippen LogP contribution is 2.22. The molecule has 0 spiro atoms. The van der Waals surface area contributed by atoms with Crippen LogP contribution in [0, 0.1) is 11.3 Å². The van der Waals surface area contributed by atoms with Crippen LogP contribution in [0.25, 0.3) is 0 Å². The summed E-state index contributed by atoms with van der Waals surface area (Å²) in [5.74, 6) is 1.78. The minimum absolute atomic E-state index is 0.0665. The molecule has 2 aromatic rings. The number of amidine groups is 1. The summed E-state index contributed by atoms with van der Waals surface area (Å²) in [5.41, 5.74) is 5.91. The van der Waals surface area contributed by atoms with Crippen molar-refractivity contribution >= 4 is 17.4 Å².